The number of likely N-dealkylation sites (tertiary alicyclic amines) is 2. The molecule has 3 fully saturated rings. The van der Waals surface area contributed by atoms with Gasteiger partial charge < -0.3 is 45.3 Å². The zero-order valence-corrected chi connectivity index (χ0v) is 43.8. The van der Waals surface area contributed by atoms with Crippen molar-refractivity contribution in [3.05, 3.63) is 102 Å². The quantitative estimate of drug-likeness (QED) is 0.0791. The molecule has 6 rings (SSSR count). The van der Waals surface area contributed by atoms with E-state index in [1.54, 1.807) is 55.1 Å². The van der Waals surface area contributed by atoms with E-state index in [0.717, 1.165) is 42.4 Å². The highest BCUT2D eigenvalue weighted by Crippen LogP contribution is 2.41. The number of piperidine rings is 1. The molecular weight excluding hydrogens is 915 g/mol. The van der Waals surface area contributed by atoms with Gasteiger partial charge in [-0.25, -0.2) is 4.79 Å². The maximum atomic E-state index is 14.5. The minimum absolute atomic E-state index is 0.0105. The number of nitrogens with one attached hydrogen (secondary N) is 4. The smallest absolute Gasteiger partial charge is 0.407 e. The van der Waals surface area contributed by atoms with Gasteiger partial charge >= 0.3 is 6.09 Å². The number of alkyl carbamates (subject to hydrolysis) is 1. The van der Waals surface area contributed by atoms with Crippen LogP contribution in [0.25, 0.3) is 0 Å². The molecule has 1 saturated carbocycles. The predicted octanol–water partition coefficient (Wildman–Crippen LogP) is 6.32. The molecule has 2 heterocycles. The topological polar surface area (TPSA) is 188 Å². The van der Waals surface area contributed by atoms with Crippen molar-refractivity contribution >= 4 is 41.3 Å². The number of anilines is 1. The highest BCUT2D eigenvalue weighted by atomic mass is 16.5. The van der Waals surface area contributed by atoms with Gasteiger partial charge in [-0.15, -0.1) is 0 Å². The number of ether oxygens (including phenoxy) is 3. The van der Waals surface area contributed by atoms with Gasteiger partial charge in [-0.2, -0.15) is 0 Å². The minimum atomic E-state index is -0.954. The van der Waals surface area contributed by atoms with E-state index in [0.29, 0.717) is 37.0 Å². The van der Waals surface area contributed by atoms with Crippen LogP contribution in [0.1, 0.15) is 96.3 Å². The molecule has 72 heavy (non-hydrogen) atoms. The van der Waals surface area contributed by atoms with Crippen LogP contribution < -0.4 is 21.3 Å². The summed E-state index contributed by atoms with van der Waals surface area (Å²) in [5, 5.41) is 11.8. The van der Waals surface area contributed by atoms with E-state index in [2.05, 4.69) is 26.2 Å². The van der Waals surface area contributed by atoms with Crippen molar-refractivity contribution in [3.63, 3.8) is 0 Å². The number of hydrogen-bond donors (Lipinski definition) is 4. The second-order valence-electron chi connectivity index (χ2n) is 20.5. The van der Waals surface area contributed by atoms with Crippen LogP contribution in [0.15, 0.2) is 84.9 Å². The Morgan fingerprint density at radius 1 is 0.792 bits per heavy atom. The van der Waals surface area contributed by atoms with Crippen LogP contribution in [0.5, 0.6) is 0 Å². The Hall–Kier alpha value is -5.84. The van der Waals surface area contributed by atoms with Crippen molar-refractivity contribution in [2.24, 2.45) is 23.7 Å². The van der Waals surface area contributed by atoms with E-state index in [4.69, 9.17) is 14.2 Å². The summed E-state index contributed by atoms with van der Waals surface area (Å²) in [4.78, 5) is 89.0. The molecule has 2 bridgehead atoms. The third kappa shape index (κ3) is 14.0. The third-order valence-corrected chi connectivity index (χ3v) is 15.5. The molecule has 2 saturated heterocycles. The molecule has 0 radical (unpaired) electrons. The van der Waals surface area contributed by atoms with Crippen molar-refractivity contribution in [1.29, 1.82) is 0 Å². The molecule has 11 atom stereocenters. The van der Waals surface area contributed by atoms with E-state index in [1.807, 2.05) is 95.4 Å². The lowest BCUT2D eigenvalue weighted by molar-refractivity contribution is -0.148. The Morgan fingerprint density at radius 2 is 1.46 bits per heavy atom. The molecule has 392 valence electrons. The van der Waals surface area contributed by atoms with E-state index in [1.165, 1.54) is 7.11 Å². The van der Waals surface area contributed by atoms with Crippen molar-refractivity contribution in [2.45, 2.75) is 148 Å². The number of carbonyl (C=O) groups excluding carboxylic acids is 6. The molecule has 3 aliphatic rings. The van der Waals surface area contributed by atoms with Gasteiger partial charge in [0.1, 0.15) is 18.7 Å². The normalized spacial score (nSPS) is 21.4. The lowest BCUT2D eigenvalue weighted by Gasteiger charge is -2.41. The fraction of sp³-hybridized carbons (Fsp3) is 0.571. The van der Waals surface area contributed by atoms with Crippen LogP contribution in [0, 0.1) is 23.7 Å². The second kappa shape index (κ2) is 26.2. The van der Waals surface area contributed by atoms with Gasteiger partial charge in [0.05, 0.1) is 42.7 Å². The van der Waals surface area contributed by atoms with Crippen LogP contribution in [-0.4, -0.2) is 134 Å². The molecule has 1 aliphatic carbocycles. The first kappa shape index (κ1) is 55.5. The van der Waals surface area contributed by atoms with Crippen molar-refractivity contribution in [1.82, 2.24) is 30.7 Å². The monoisotopic (exact) mass is 994 g/mol. The summed E-state index contributed by atoms with van der Waals surface area (Å²) in [6, 6.07) is 23.4. The molecule has 3 aromatic rings. The SMILES string of the molecule is CC[C@H](C)[C@@H]([C@@H](CC(=O)N1CCC[C@H]1[C@H](OC)[C@@H](C)C(=O)N[C@H](Cc1ccccc1)C(=O)Nc1ccc(CNC(=O)OCc2ccccc2)cc1)OC)N(C)C(=O)[C@@H](NC(=O)[C@@H]1[C@H]2CC[C@H](C2)N1C)C(C)C. The first-order valence-electron chi connectivity index (χ1n) is 25.9. The Balaban J connectivity index is 1.08. The van der Waals surface area contributed by atoms with E-state index >= 15 is 0 Å². The maximum Gasteiger partial charge on any atom is 0.407 e. The maximum absolute atomic E-state index is 14.5. The molecule has 0 spiro atoms. The number of methoxy groups -OCH3 is 2. The Kier molecular flexibility index (Phi) is 20.2. The number of hydrogen-bond acceptors (Lipinski definition) is 10. The molecule has 0 unspecified atom stereocenters. The van der Waals surface area contributed by atoms with E-state index in [9.17, 15) is 28.8 Å². The molecule has 2 aliphatic heterocycles. The molecular formula is C56H79N7O9. The minimum Gasteiger partial charge on any atom is -0.445 e. The summed E-state index contributed by atoms with van der Waals surface area (Å²) in [6.45, 7) is 10.6. The number of rotatable bonds is 24. The molecule has 16 heteroatoms. The van der Waals surface area contributed by atoms with Crippen molar-refractivity contribution in [2.75, 3.05) is 40.2 Å². The summed E-state index contributed by atoms with van der Waals surface area (Å²) < 4.78 is 17.5. The van der Waals surface area contributed by atoms with Crippen LogP contribution >= 0.6 is 0 Å². The number of likely N-dealkylation sites (N-methyl/N-ethyl adjacent to an activating group) is 2. The van der Waals surface area contributed by atoms with Crippen LogP contribution in [0.4, 0.5) is 10.5 Å². The average molecular weight is 994 g/mol. The molecule has 6 amide bonds. The van der Waals surface area contributed by atoms with Crippen LogP contribution in [-0.2, 0) is 57.8 Å². The lowest BCUT2D eigenvalue weighted by Crippen LogP contribution is -2.60. The Labute approximate surface area is 426 Å². The largest absolute Gasteiger partial charge is 0.445 e. The molecule has 3 aromatic carbocycles. The zero-order chi connectivity index (χ0) is 52.1. The van der Waals surface area contributed by atoms with Gasteiger partial charge in [0.25, 0.3) is 0 Å². The number of amides is 6. The van der Waals surface area contributed by atoms with Gasteiger partial charge in [-0.05, 0) is 85.7 Å². The fourth-order valence-corrected chi connectivity index (χ4v) is 11.1. The van der Waals surface area contributed by atoms with Crippen molar-refractivity contribution in [3.8, 4) is 0 Å². The number of nitrogens with zero attached hydrogens (tertiary/aromatic N) is 3. The van der Waals surface area contributed by atoms with Gasteiger partial charge in [0, 0.05) is 52.5 Å². The predicted molar refractivity (Wildman–Crippen MR) is 276 cm³/mol. The Bertz CT molecular complexity index is 2260. The second-order valence-corrected chi connectivity index (χ2v) is 20.5. The summed E-state index contributed by atoms with van der Waals surface area (Å²) in [6.07, 6.45) is 3.46. The highest BCUT2D eigenvalue weighted by Gasteiger charge is 2.49. The lowest BCUT2D eigenvalue weighted by atomic mass is 9.89. The van der Waals surface area contributed by atoms with Gasteiger partial charge in [0.15, 0.2) is 0 Å². The average Bonchev–Trinajstić information content (AvgIpc) is 4.15. The summed E-state index contributed by atoms with van der Waals surface area (Å²) in [5.74, 6) is -2.01. The number of carbonyl (C=O) groups is 6. The first-order valence-corrected chi connectivity index (χ1v) is 25.9. The van der Waals surface area contributed by atoms with E-state index in [-0.39, 0.29) is 61.6 Å². The standard InChI is InChI=1S/C56H79N7O9/c1-10-36(4)49(62(7)55(68)48(35(2)3)60-54(67)50-41-25-28-43(31-41)61(50)6)46(70-8)32-47(64)63-29-17-22-45(63)51(71-9)37(5)52(65)59-44(30-38-18-13-11-14-19-38)53(66)58-42-26-23-39(24-27-42)33-57-56(69)72-34-40-20-15-12-16-21-40/h11-16,18-21,23-24,26-27,35-37,41,43-46,48-51H,10,17,22,25,28-34H2,1-9H3,(H,57,69)(H,58,66)(H,59,65)(H,60,67)/t36-,37+,41-,43+,44+,45-,46+,48-,49-,50-,51+/m0/s1. The summed E-state index contributed by atoms with van der Waals surface area (Å²) in [7, 11) is 6.85. The summed E-state index contributed by atoms with van der Waals surface area (Å²) >= 11 is 0. The number of benzene rings is 3. The molecule has 0 aromatic heterocycles. The fourth-order valence-electron chi connectivity index (χ4n) is 11.1. The third-order valence-electron chi connectivity index (χ3n) is 15.5. The highest BCUT2D eigenvalue weighted by molar-refractivity contribution is 5.98. The van der Waals surface area contributed by atoms with Gasteiger partial charge in [-0.3, -0.25) is 28.9 Å². The molecule has 4 N–H and O–H groups in total. The van der Waals surface area contributed by atoms with Gasteiger partial charge in [-0.1, -0.05) is 114 Å². The van der Waals surface area contributed by atoms with Crippen LogP contribution in [0.3, 0.4) is 0 Å². The number of fused-ring (bicyclic) bond motifs is 2. The first-order chi connectivity index (χ1) is 34.5. The van der Waals surface area contributed by atoms with Gasteiger partial charge in [0.2, 0.25) is 29.5 Å². The molecule has 16 nitrogen and oxygen atoms in total. The van der Waals surface area contributed by atoms with E-state index < -0.39 is 60.2 Å². The zero-order valence-electron chi connectivity index (χ0n) is 43.8. The Morgan fingerprint density at radius 3 is 2.06 bits per heavy atom. The van der Waals surface area contributed by atoms with Crippen molar-refractivity contribution < 1.29 is 43.0 Å². The van der Waals surface area contributed by atoms with Crippen LogP contribution in [0.2, 0.25) is 0 Å². The summed E-state index contributed by atoms with van der Waals surface area (Å²) in [5.41, 5.74) is 3.04.